The fourth-order valence-electron chi connectivity index (χ4n) is 4.25. The third-order valence-electron chi connectivity index (χ3n) is 6.05. The maximum atomic E-state index is 11.8. The van der Waals surface area contributed by atoms with Crippen LogP contribution in [0.5, 0.6) is 0 Å². The first kappa shape index (κ1) is 22.7. The molecule has 1 atom stereocenters. The molecule has 0 aliphatic heterocycles. The molecule has 3 nitrogen and oxygen atoms in total. The van der Waals surface area contributed by atoms with Gasteiger partial charge < -0.3 is 9.84 Å². The molecule has 0 spiro atoms. The highest BCUT2D eigenvalue weighted by molar-refractivity contribution is 5.87. The molecule has 3 heteroatoms. The molecule has 1 aromatic carbocycles. The summed E-state index contributed by atoms with van der Waals surface area (Å²) in [7, 11) is 0. The van der Waals surface area contributed by atoms with Crippen molar-refractivity contribution in [3.05, 3.63) is 47.5 Å². The number of ether oxygens (including phenoxy) is 1. The number of aliphatic hydroxyl groups is 1. The molecule has 1 aromatic rings. The summed E-state index contributed by atoms with van der Waals surface area (Å²) in [5, 5.41) is 9.26. The second-order valence-corrected chi connectivity index (χ2v) is 8.48. The molecule has 1 N–H and O–H groups in total. The molecule has 0 radical (unpaired) electrons. The predicted octanol–water partition coefficient (Wildman–Crippen LogP) is 5.95. The monoisotopic (exact) mass is 386 g/mol. The van der Waals surface area contributed by atoms with Crippen LogP contribution in [0.1, 0.15) is 88.7 Å². The standard InChI is InChI=1S/C25H38O3/c1-4-5-6-7-20-8-12-22(13-9-20)23-14-10-21(11-15-23)18-24(16-17-26)28-25(27)19(2)3/h10-11,14-15,20,22,24,26H,2,4-9,12-13,16-18H2,1,3H3. The molecule has 1 saturated carbocycles. The summed E-state index contributed by atoms with van der Waals surface area (Å²) in [6.07, 6.45) is 11.6. The maximum Gasteiger partial charge on any atom is 0.333 e. The van der Waals surface area contributed by atoms with E-state index in [1.54, 1.807) is 6.92 Å². The quantitative estimate of drug-likeness (QED) is 0.290. The van der Waals surface area contributed by atoms with Gasteiger partial charge in [0, 0.05) is 25.0 Å². The van der Waals surface area contributed by atoms with Gasteiger partial charge in [-0.3, -0.25) is 0 Å². The van der Waals surface area contributed by atoms with Gasteiger partial charge >= 0.3 is 5.97 Å². The highest BCUT2D eigenvalue weighted by atomic mass is 16.5. The largest absolute Gasteiger partial charge is 0.459 e. The van der Waals surface area contributed by atoms with E-state index in [0.29, 0.717) is 24.3 Å². The molecule has 1 fully saturated rings. The van der Waals surface area contributed by atoms with Crippen molar-refractivity contribution in [1.29, 1.82) is 0 Å². The van der Waals surface area contributed by atoms with E-state index in [9.17, 15) is 9.90 Å². The van der Waals surface area contributed by atoms with Crippen molar-refractivity contribution in [2.24, 2.45) is 5.92 Å². The molecule has 156 valence electrons. The number of rotatable bonds is 11. The second kappa shape index (κ2) is 12.1. The number of esters is 1. The summed E-state index contributed by atoms with van der Waals surface area (Å²) >= 11 is 0. The third-order valence-corrected chi connectivity index (χ3v) is 6.05. The number of carbonyl (C=O) groups is 1. The van der Waals surface area contributed by atoms with Gasteiger partial charge in [0.2, 0.25) is 0 Å². The lowest BCUT2D eigenvalue weighted by Crippen LogP contribution is -2.22. The molecule has 0 saturated heterocycles. The topological polar surface area (TPSA) is 46.5 Å². The van der Waals surface area contributed by atoms with E-state index in [2.05, 4.69) is 37.8 Å². The van der Waals surface area contributed by atoms with E-state index in [1.165, 1.54) is 56.9 Å². The molecule has 0 amide bonds. The van der Waals surface area contributed by atoms with Crippen LogP contribution in [0.2, 0.25) is 0 Å². The van der Waals surface area contributed by atoms with Gasteiger partial charge in [-0.1, -0.05) is 63.5 Å². The number of carbonyl (C=O) groups excluding carboxylic acids is 1. The summed E-state index contributed by atoms with van der Waals surface area (Å²) < 4.78 is 5.46. The van der Waals surface area contributed by atoms with Gasteiger partial charge in [-0.2, -0.15) is 0 Å². The number of unbranched alkanes of at least 4 members (excludes halogenated alkanes) is 2. The van der Waals surface area contributed by atoms with E-state index in [4.69, 9.17) is 4.74 Å². The SMILES string of the molecule is C=C(C)C(=O)OC(CCO)Cc1ccc(C2CCC(CCCCC)CC2)cc1. The number of hydrogen-bond acceptors (Lipinski definition) is 3. The molecular weight excluding hydrogens is 348 g/mol. The van der Waals surface area contributed by atoms with Crippen LogP contribution in [-0.4, -0.2) is 23.8 Å². The fraction of sp³-hybridized carbons (Fsp3) is 0.640. The zero-order valence-corrected chi connectivity index (χ0v) is 17.8. The van der Waals surface area contributed by atoms with Crippen molar-refractivity contribution in [2.45, 2.75) is 90.1 Å². The Labute approximate surface area is 171 Å². The number of aliphatic hydroxyl groups excluding tert-OH is 1. The summed E-state index contributed by atoms with van der Waals surface area (Å²) in [5.41, 5.74) is 2.97. The van der Waals surface area contributed by atoms with Crippen LogP contribution >= 0.6 is 0 Å². The first-order valence-electron chi connectivity index (χ1n) is 11.1. The summed E-state index contributed by atoms with van der Waals surface area (Å²) in [6.45, 7) is 7.55. The Morgan fingerprint density at radius 1 is 1.18 bits per heavy atom. The summed E-state index contributed by atoms with van der Waals surface area (Å²) in [4.78, 5) is 11.8. The molecule has 1 unspecified atom stereocenters. The Bertz CT molecular complexity index is 597. The average molecular weight is 387 g/mol. The van der Waals surface area contributed by atoms with E-state index >= 15 is 0 Å². The molecule has 2 rings (SSSR count). The van der Waals surface area contributed by atoms with Gasteiger partial charge in [0.15, 0.2) is 0 Å². The molecule has 0 bridgehead atoms. The predicted molar refractivity (Wildman–Crippen MR) is 115 cm³/mol. The van der Waals surface area contributed by atoms with Crippen LogP contribution in [-0.2, 0) is 16.0 Å². The van der Waals surface area contributed by atoms with Crippen molar-refractivity contribution in [2.75, 3.05) is 6.61 Å². The van der Waals surface area contributed by atoms with Crippen molar-refractivity contribution in [3.8, 4) is 0 Å². The van der Waals surface area contributed by atoms with Crippen molar-refractivity contribution in [1.82, 2.24) is 0 Å². The normalized spacial score (nSPS) is 20.5. The van der Waals surface area contributed by atoms with E-state index in [1.807, 2.05) is 0 Å². The fourth-order valence-corrected chi connectivity index (χ4v) is 4.25. The zero-order chi connectivity index (χ0) is 20.4. The van der Waals surface area contributed by atoms with E-state index < -0.39 is 0 Å². The van der Waals surface area contributed by atoms with Gasteiger partial charge in [0.25, 0.3) is 0 Å². The van der Waals surface area contributed by atoms with Crippen molar-refractivity contribution in [3.63, 3.8) is 0 Å². The second-order valence-electron chi connectivity index (χ2n) is 8.48. The third kappa shape index (κ3) is 7.43. The molecule has 1 aliphatic rings. The molecule has 0 aromatic heterocycles. The maximum absolute atomic E-state index is 11.8. The van der Waals surface area contributed by atoms with Gasteiger partial charge in [-0.05, 0) is 55.6 Å². The first-order chi connectivity index (χ1) is 13.5. The van der Waals surface area contributed by atoms with Crippen LogP contribution in [0, 0.1) is 5.92 Å². The minimum absolute atomic E-state index is 0.00766. The van der Waals surface area contributed by atoms with Crippen LogP contribution in [0.15, 0.2) is 36.4 Å². The lowest BCUT2D eigenvalue weighted by atomic mass is 9.77. The number of hydrogen-bond donors (Lipinski definition) is 1. The minimum atomic E-state index is -0.384. The van der Waals surface area contributed by atoms with Crippen molar-refractivity contribution >= 4 is 5.97 Å². The Hall–Kier alpha value is -1.61. The first-order valence-corrected chi connectivity index (χ1v) is 11.1. The Morgan fingerprint density at radius 2 is 1.86 bits per heavy atom. The molecular formula is C25H38O3. The zero-order valence-electron chi connectivity index (χ0n) is 17.8. The Kier molecular flexibility index (Phi) is 9.77. The lowest BCUT2D eigenvalue weighted by Gasteiger charge is -2.29. The minimum Gasteiger partial charge on any atom is -0.459 e. The smallest absolute Gasteiger partial charge is 0.333 e. The summed E-state index contributed by atoms with van der Waals surface area (Å²) in [6, 6.07) is 8.80. The molecule has 0 heterocycles. The molecule has 1 aliphatic carbocycles. The Morgan fingerprint density at radius 3 is 2.43 bits per heavy atom. The van der Waals surface area contributed by atoms with E-state index in [0.717, 1.165) is 11.5 Å². The van der Waals surface area contributed by atoms with Crippen LogP contribution in [0.25, 0.3) is 0 Å². The molecule has 28 heavy (non-hydrogen) atoms. The number of benzene rings is 1. The van der Waals surface area contributed by atoms with Crippen molar-refractivity contribution < 1.29 is 14.6 Å². The highest BCUT2D eigenvalue weighted by Crippen LogP contribution is 2.37. The highest BCUT2D eigenvalue weighted by Gasteiger charge is 2.22. The van der Waals surface area contributed by atoms with E-state index in [-0.39, 0.29) is 18.7 Å². The van der Waals surface area contributed by atoms with Crippen LogP contribution in [0.4, 0.5) is 0 Å². The summed E-state index contributed by atoms with van der Waals surface area (Å²) in [5.74, 6) is 1.24. The average Bonchev–Trinajstić information content (AvgIpc) is 2.69. The van der Waals surface area contributed by atoms with Gasteiger partial charge in [-0.25, -0.2) is 4.79 Å². The van der Waals surface area contributed by atoms with Gasteiger partial charge in [0.1, 0.15) is 6.10 Å². The van der Waals surface area contributed by atoms with Gasteiger partial charge in [-0.15, -0.1) is 0 Å². The van der Waals surface area contributed by atoms with Gasteiger partial charge in [0.05, 0.1) is 0 Å². The van der Waals surface area contributed by atoms with Crippen LogP contribution in [0.3, 0.4) is 0 Å². The lowest BCUT2D eigenvalue weighted by molar-refractivity contribution is -0.144. The van der Waals surface area contributed by atoms with Crippen LogP contribution < -0.4 is 0 Å². The Balaban J connectivity index is 1.85.